The zero-order chi connectivity index (χ0) is 46.9. The van der Waals surface area contributed by atoms with Crippen molar-refractivity contribution in [2.24, 2.45) is 5.73 Å². The molecule has 0 unspecified atom stereocenters. The van der Waals surface area contributed by atoms with Gasteiger partial charge in [0.05, 0.1) is 40.5 Å². The van der Waals surface area contributed by atoms with Crippen LogP contribution in [0.15, 0.2) is 109 Å². The number of para-hydroxylation sites is 2. The van der Waals surface area contributed by atoms with E-state index in [1.165, 1.54) is 37.4 Å². The summed E-state index contributed by atoms with van der Waals surface area (Å²) >= 11 is 12.6. The first-order chi connectivity index (χ1) is 32.4. The van der Waals surface area contributed by atoms with Gasteiger partial charge in [0, 0.05) is 41.1 Å². The molecular weight excluding hydrogens is 896 g/mol. The maximum atomic E-state index is 12.6. The number of carbonyl (C=O) groups is 4. The molecule has 10 rings (SSSR count). The molecule has 17 nitrogen and oxygen atoms in total. The number of benzene rings is 4. The van der Waals surface area contributed by atoms with Crippen LogP contribution in [-0.4, -0.2) is 72.9 Å². The zero-order valence-corrected chi connectivity index (χ0v) is 37.6. The average molecular weight is 944 g/mol. The van der Waals surface area contributed by atoms with E-state index in [0.717, 1.165) is 44.2 Å². The zero-order valence-electron chi connectivity index (χ0n) is 36.1. The predicted molar refractivity (Wildman–Crippen MR) is 259 cm³/mol. The summed E-state index contributed by atoms with van der Waals surface area (Å²) in [6, 6.07) is 29.0. The fourth-order valence-electron chi connectivity index (χ4n) is 6.10. The van der Waals surface area contributed by atoms with E-state index in [1.807, 2.05) is 18.2 Å². The highest BCUT2D eigenvalue weighted by Gasteiger charge is 2.27. The van der Waals surface area contributed by atoms with Crippen LogP contribution in [0.4, 0.5) is 46.3 Å². The number of aromatic nitrogens is 4. The van der Waals surface area contributed by atoms with Crippen LogP contribution in [0.25, 0.3) is 0 Å². The van der Waals surface area contributed by atoms with E-state index in [0.29, 0.717) is 73.5 Å². The minimum absolute atomic E-state index is 0.0670. The van der Waals surface area contributed by atoms with Gasteiger partial charge in [-0.15, -0.1) is 0 Å². The van der Waals surface area contributed by atoms with Gasteiger partial charge >= 0.3 is 5.97 Å². The van der Waals surface area contributed by atoms with Crippen molar-refractivity contribution in [1.29, 1.82) is 0 Å². The molecule has 344 valence electrons. The van der Waals surface area contributed by atoms with Gasteiger partial charge < -0.3 is 48.1 Å². The van der Waals surface area contributed by atoms with Crippen LogP contribution >= 0.6 is 23.2 Å². The molecule has 10 N–H and O–H groups in total. The number of nitrogens with zero attached hydrogens (tertiary/aromatic N) is 4. The first-order valence-electron chi connectivity index (χ1n) is 21.9. The largest absolute Gasteiger partial charge is 0.478 e. The third kappa shape index (κ3) is 13.8. The van der Waals surface area contributed by atoms with Crippen molar-refractivity contribution in [2.45, 2.75) is 75.5 Å². The Morgan fingerprint density at radius 3 is 1.25 bits per heavy atom. The normalized spacial score (nSPS) is 14.7. The van der Waals surface area contributed by atoms with Crippen molar-refractivity contribution >= 4 is 93.2 Å². The lowest BCUT2D eigenvalue weighted by Crippen LogP contribution is -2.26. The fraction of sp³-hybridized carbons (Fsp3) is 0.250. The molecule has 0 saturated heterocycles. The number of halogens is 2. The van der Waals surface area contributed by atoms with Crippen LogP contribution in [0.1, 0.15) is 92.8 Å². The van der Waals surface area contributed by atoms with Crippen LogP contribution in [0, 0.1) is 0 Å². The van der Waals surface area contributed by atoms with Crippen molar-refractivity contribution in [3.8, 4) is 0 Å². The molecule has 19 heteroatoms. The lowest BCUT2D eigenvalue weighted by atomic mass is 10.1. The third-order valence-corrected chi connectivity index (χ3v) is 11.0. The third-order valence-electron chi connectivity index (χ3n) is 10.5. The monoisotopic (exact) mass is 942 g/mol. The van der Waals surface area contributed by atoms with Crippen molar-refractivity contribution < 1.29 is 24.3 Å². The highest BCUT2D eigenvalue weighted by atomic mass is 35.5. The summed E-state index contributed by atoms with van der Waals surface area (Å²) < 4.78 is 0. The summed E-state index contributed by atoms with van der Waals surface area (Å²) in [7, 11) is 0. The van der Waals surface area contributed by atoms with Crippen LogP contribution in [0.5, 0.6) is 0 Å². The number of rotatable bonds is 15. The quantitative estimate of drug-likeness (QED) is 0.0467. The standard InChI is InChI=1S/C24H23ClN6O2.C21H18ClN5O3.C3H7N/c25-19-13-26-24(29-17-7-5-14(6-8-17)22(32)27-15-9-10-15)31-21(19)30-20-4-2-1-3-18(20)23(33)28-16-11-12-16;22-16-11-23-21(25-14-7-5-12(6-8-14)20(29)30)27-18(16)26-17-4-2-1-3-15(17)19(28)24-13-9-10-13;4-3-1-2-3/h1-8,13,15-16H,9-12H2,(H,27,32)(H,28,33)(H2,26,29,30,31);1-8,11,13H,9-10H2,(H,24,28)(H,29,30)(H2,23,25,26,27);3H,1-2,4H2. The number of carboxylic acid groups (broad SMARTS) is 1. The Morgan fingerprint density at radius 1 is 0.507 bits per heavy atom. The summed E-state index contributed by atoms with van der Waals surface area (Å²) in [6.07, 6.45) is 11.6. The Labute approximate surface area is 396 Å². The maximum Gasteiger partial charge on any atom is 0.335 e. The molecule has 0 atom stereocenters. The van der Waals surface area contributed by atoms with Gasteiger partial charge in [-0.05, 0) is 124 Å². The second-order valence-electron chi connectivity index (χ2n) is 16.4. The van der Waals surface area contributed by atoms with E-state index in [4.69, 9.17) is 34.0 Å². The van der Waals surface area contributed by atoms with Gasteiger partial charge in [-0.3, -0.25) is 14.4 Å². The minimum Gasteiger partial charge on any atom is -0.478 e. The second kappa shape index (κ2) is 21.3. The summed E-state index contributed by atoms with van der Waals surface area (Å²) in [5.74, 6) is -0.0356. The van der Waals surface area contributed by atoms with Crippen LogP contribution in [0.2, 0.25) is 10.0 Å². The van der Waals surface area contributed by atoms with E-state index in [9.17, 15) is 19.2 Å². The molecule has 4 aliphatic rings. The van der Waals surface area contributed by atoms with Crippen LogP contribution in [0.3, 0.4) is 0 Å². The minimum atomic E-state index is -1.000. The molecule has 2 aromatic heterocycles. The Balaban J connectivity index is 0.000000168. The van der Waals surface area contributed by atoms with Crippen molar-refractivity contribution in [1.82, 2.24) is 35.9 Å². The Hall–Kier alpha value is -7.34. The fourth-order valence-corrected chi connectivity index (χ4v) is 6.38. The van der Waals surface area contributed by atoms with E-state index in [-0.39, 0.29) is 41.3 Å². The maximum absolute atomic E-state index is 12.6. The first-order valence-corrected chi connectivity index (χ1v) is 22.6. The number of anilines is 8. The summed E-state index contributed by atoms with van der Waals surface area (Å²) in [5, 5.41) is 30.9. The van der Waals surface area contributed by atoms with E-state index in [1.54, 1.807) is 66.7 Å². The predicted octanol–water partition coefficient (Wildman–Crippen LogP) is 8.72. The van der Waals surface area contributed by atoms with Crippen LogP contribution in [-0.2, 0) is 0 Å². The Kier molecular flexibility index (Phi) is 14.7. The summed E-state index contributed by atoms with van der Waals surface area (Å²) in [6.45, 7) is 0. The lowest BCUT2D eigenvalue weighted by Gasteiger charge is -2.13. The average Bonchev–Trinajstić information content (AvgIpc) is 4.06. The molecule has 4 fully saturated rings. The van der Waals surface area contributed by atoms with Crippen molar-refractivity contribution in [3.05, 3.63) is 142 Å². The first kappa shape index (κ1) is 46.2. The van der Waals surface area contributed by atoms with Gasteiger partial charge in [-0.2, -0.15) is 9.97 Å². The van der Waals surface area contributed by atoms with E-state index in [2.05, 4.69) is 57.2 Å². The molecule has 4 aliphatic carbocycles. The molecule has 4 saturated carbocycles. The van der Waals surface area contributed by atoms with Gasteiger partial charge in [0.2, 0.25) is 11.9 Å². The number of carboxylic acids is 1. The molecule has 67 heavy (non-hydrogen) atoms. The Bertz CT molecular complexity index is 2750. The van der Waals surface area contributed by atoms with Gasteiger partial charge in [-0.1, -0.05) is 47.5 Å². The van der Waals surface area contributed by atoms with Crippen molar-refractivity contribution in [3.63, 3.8) is 0 Å². The molecule has 0 aliphatic heterocycles. The molecule has 0 spiro atoms. The highest BCUT2D eigenvalue weighted by Crippen LogP contribution is 2.30. The van der Waals surface area contributed by atoms with E-state index >= 15 is 0 Å². The van der Waals surface area contributed by atoms with Crippen LogP contribution < -0.4 is 43.0 Å². The molecule has 2 heterocycles. The van der Waals surface area contributed by atoms with Gasteiger partial charge in [0.1, 0.15) is 10.0 Å². The van der Waals surface area contributed by atoms with E-state index < -0.39 is 5.97 Å². The number of hydrogen-bond acceptors (Lipinski definition) is 13. The number of nitrogens with two attached hydrogens (primary N) is 1. The second-order valence-corrected chi connectivity index (χ2v) is 17.2. The number of hydrogen-bond donors (Lipinski definition) is 9. The summed E-state index contributed by atoms with van der Waals surface area (Å²) in [4.78, 5) is 65.4. The van der Waals surface area contributed by atoms with Gasteiger partial charge in [-0.25, -0.2) is 14.8 Å². The molecule has 6 aromatic rings. The van der Waals surface area contributed by atoms with Crippen molar-refractivity contribution in [2.75, 3.05) is 21.3 Å². The number of carbonyl (C=O) groups excluding carboxylic acids is 3. The SMILES string of the molecule is NC1CC1.O=C(NC1CC1)c1ccc(Nc2ncc(Cl)c(Nc3ccccc3C(=O)NC3CC3)n2)cc1.O=C(O)c1ccc(Nc2ncc(Cl)c(Nc3ccccc3C(=O)NC3CC3)n2)cc1. The lowest BCUT2D eigenvalue weighted by molar-refractivity contribution is 0.0696. The topological polar surface area (TPSA) is 250 Å². The molecule has 3 amide bonds. The Morgan fingerprint density at radius 2 is 0.881 bits per heavy atom. The number of amides is 3. The van der Waals surface area contributed by atoms with Gasteiger partial charge in [0.15, 0.2) is 11.6 Å². The molecular formula is C48H48Cl2N12O5. The molecule has 4 aromatic carbocycles. The smallest absolute Gasteiger partial charge is 0.335 e. The number of aromatic carboxylic acids is 1. The molecule has 0 bridgehead atoms. The van der Waals surface area contributed by atoms with Gasteiger partial charge in [0.25, 0.3) is 17.7 Å². The highest BCUT2D eigenvalue weighted by molar-refractivity contribution is 6.33. The molecule has 0 radical (unpaired) electrons. The summed E-state index contributed by atoms with van der Waals surface area (Å²) in [5.41, 5.74) is 9.56. The number of nitrogens with one attached hydrogen (secondary N) is 7.